The van der Waals surface area contributed by atoms with Gasteiger partial charge < -0.3 is 9.64 Å². The lowest BCUT2D eigenvalue weighted by Crippen LogP contribution is -2.48. The summed E-state index contributed by atoms with van der Waals surface area (Å²) in [4.78, 5) is 4.71. The van der Waals surface area contributed by atoms with Crippen LogP contribution in [0, 0.1) is 5.82 Å². The van der Waals surface area contributed by atoms with E-state index in [4.69, 9.17) is 17.4 Å². The van der Waals surface area contributed by atoms with Crippen LogP contribution in [0.2, 0.25) is 0 Å². The third kappa shape index (κ3) is 5.75. The van der Waals surface area contributed by atoms with Crippen LogP contribution in [0.15, 0.2) is 61.2 Å². The van der Waals surface area contributed by atoms with Crippen molar-refractivity contribution in [1.82, 2.24) is 4.90 Å². The first-order chi connectivity index (χ1) is 13.2. The summed E-state index contributed by atoms with van der Waals surface area (Å²) >= 11 is 4.72. The highest BCUT2D eigenvalue weighted by atomic mass is 32.1. The zero-order valence-electron chi connectivity index (χ0n) is 15.6. The molecule has 0 amide bonds. The van der Waals surface area contributed by atoms with E-state index in [0.29, 0.717) is 6.61 Å². The number of benzene rings is 2. The molecule has 0 aliphatic carbocycles. The molecule has 0 aromatic heterocycles. The first kappa shape index (κ1) is 19.8. The minimum atomic E-state index is -0.190. The fraction of sp³-hybridized carbons (Fsp3) is 0.364. The van der Waals surface area contributed by atoms with Crippen LogP contribution in [-0.2, 0) is 6.42 Å². The largest absolute Gasteiger partial charge is 0.492 e. The number of allylic oxidation sites excluding steroid dienone is 1. The third-order valence-electron chi connectivity index (χ3n) is 4.80. The minimum absolute atomic E-state index is 0.152. The molecule has 1 atom stereocenters. The van der Waals surface area contributed by atoms with Crippen molar-refractivity contribution in [3.8, 4) is 5.75 Å². The van der Waals surface area contributed by atoms with Crippen LogP contribution in [-0.4, -0.2) is 49.5 Å². The molecule has 0 saturated carbocycles. The number of halogens is 1. The van der Waals surface area contributed by atoms with Crippen molar-refractivity contribution in [2.75, 3.05) is 44.2 Å². The minimum Gasteiger partial charge on any atom is -0.492 e. The molecular weight excluding hydrogens is 359 g/mol. The quantitative estimate of drug-likeness (QED) is 0.544. The summed E-state index contributed by atoms with van der Waals surface area (Å²) in [5.74, 6) is 0.725. The second-order valence-corrected chi connectivity index (χ2v) is 7.56. The van der Waals surface area contributed by atoms with Gasteiger partial charge in [-0.3, -0.25) is 4.90 Å². The molecule has 0 radical (unpaired) electrons. The van der Waals surface area contributed by atoms with Crippen LogP contribution in [0.5, 0.6) is 5.75 Å². The molecule has 27 heavy (non-hydrogen) atoms. The maximum Gasteiger partial charge on any atom is 0.123 e. The van der Waals surface area contributed by atoms with E-state index in [-0.39, 0.29) is 11.1 Å². The van der Waals surface area contributed by atoms with Crippen molar-refractivity contribution < 1.29 is 9.13 Å². The number of rotatable bonds is 8. The normalized spacial score (nSPS) is 16.1. The molecule has 2 aromatic carbocycles. The van der Waals surface area contributed by atoms with Gasteiger partial charge in [0.15, 0.2) is 0 Å². The van der Waals surface area contributed by atoms with Gasteiger partial charge in [0.1, 0.15) is 18.2 Å². The Kier molecular flexibility index (Phi) is 7.18. The Morgan fingerprint density at radius 1 is 1.07 bits per heavy atom. The molecule has 3 nitrogen and oxygen atoms in total. The summed E-state index contributed by atoms with van der Waals surface area (Å²) in [7, 11) is 0. The fourth-order valence-electron chi connectivity index (χ4n) is 3.35. The molecule has 0 bridgehead atoms. The highest BCUT2D eigenvalue weighted by Crippen LogP contribution is 2.20. The molecule has 0 spiro atoms. The molecule has 1 heterocycles. The zero-order chi connectivity index (χ0) is 19.1. The predicted octanol–water partition coefficient (Wildman–Crippen LogP) is 4.05. The summed E-state index contributed by atoms with van der Waals surface area (Å²) in [6.07, 6.45) is 2.69. The molecule has 3 rings (SSSR count). The predicted molar refractivity (Wildman–Crippen MR) is 114 cm³/mol. The van der Waals surface area contributed by atoms with Gasteiger partial charge in [-0.05, 0) is 42.3 Å². The average molecular weight is 387 g/mol. The van der Waals surface area contributed by atoms with E-state index >= 15 is 0 Å². The van der Waals surface area contributed by atoms with Crippen LogP contribution in [0.4, 0.5) is 10.1 Å². The van der Waals surface area contributed by atoms with E-state index < -0.39 is 0 Å². The second-order valence-electron chi connectivity index (χ2n) is 6.83. The number of para-hydroxylation sites is 1. The molecule has 1 aliphatic rings. The van der Waals surface area contributed by atoms with Crippen molar-refractivity contribution in [1.29, 1.82) is 0 Å². The topological polar surface area (TPSA) is 15.7 Å². The van der Waals surface area contributed by atoms with Gasteiger partial charge in [0.25, 0.3) is 0 Å². The number of piperazine rings is 1. The van der Waals surface area contributed by atoms with Crippen LogP contribution in [0.1, 0.15) is 5.56 Å². The Bertz CT molecular complexity index is 729. The van der Waals surface area contributed by atoms with Crippen molar-refractivity contribution in [2.45, 2.75) is 11.7 Å². The number of thiol groups is 1. The third-order valence-corrected chi connectivity index (χ3v) is 5.11. The number of ether oxygens (including phenoxy) is 1. The molecule has 1 saturated heterocycles. The molecule has 0 unspecified atom stereocenters. The Morgan fingerprint density at radius 3 is 2.48 bits per heavy atom. The zero-order valence-corrected chi connectivity index (χ0v) is 16.5. The number of anilines is 1. The summed E-state index contributed by atoms with van der Waals surface area (Å²) in [5.41, 5.74) is 2.24. The van der Waals surface area contributed by atoms with Crippen molar-refractivity contribution in [2.24, 2.45) is 0 Å². The summed E-state index contributed by atoms with van der Waals surface area (Å²) in [5, 5.41) is 0.152. The summed E-state index contributed by atoms with van der Waals surface area (Å²) in [6.45, 7) is 9.10. The fourth-order valence-corrected chi connectivity index (χ4v) is 3.65. The lowest BCUT2D eigenvalue weighted by Gasteiger charge is -2.37. The van der Waals surface area contributed by atoms with Gasteiger partial charge in [-0.25, -0.2) is 4.39 Å². The first-order valence-electron chi connectivity index (χ1n) is 9.38. The summed E-state index contributed by atoms with van der Waals surface area (Å²) < 4.78 is 19.1. The molecule has 1 aliphatic heterocycles. The lowest BCUT2D eigenvalue weighted by atomic mass is 10.1. The van der Waals surface area contributed by atoms with Crippen molar-refractivity contribution in [3.05, 3.63) is 72.6 Å². The van der Waals surface area contributed by atoms with E-state index in [1.807, 2.05) is 36.4 Å². The highest BCUT2D eigenvalue weighted by molar-refractivity contribution is 7.81. The highest BCUT2D eigenvalue weighted by Gasteiger charge is 2.19. The molecular formula is C22H27FN2OS. The first-order valence-corrected chi connectivity index (χ1v) is 9.90. The maximum atomic E-state index is 13.1. The number of nitrogens with zero attached hydrogens (tertiary/aromatic N) is 2. The Labute approximate surface area is 166 Å². The van der Waals surface area contributed by atoms with E-state index in [1.54, 1.807) is 0 Å². The lowest BCUT2D eigenvalue weighted by molar-refractivity contribution is 0.230. The van der Waals surface area contributed by atoms with E-state index in [0.717, 1.165) is 56.1 Å². The van der Waals surface area contributed by atoms with Gasteiger partial charge in [-0.1, -0.05) is 24.3 Å². The van der Waals surface area contributed by atoms with Gasteiger partial charge >= 0.3 is 0 Å². The Morgan fingerprint density at radius 2 is 1.78 bits per heavy atom. The molecule has 0 N–H and O–H groups in total. The van der Waals surface area contributed by atoms with Gasteiger partial charge in [-0.15, -0.1) is 6.58 Å². The van der Waals surface area contributed by atoms with Gasteiger partial charge in [-0.2, -0.15) is 12.6 Å². The van der Waals surface area contributed by atoms with Crippen molar-refractivity contribution in [3.63, 3.8) is 0 Å². The SMILES string of the molecule is C=CCc1ccccc1OC[C@@H](S)CN1CCN(c2ccc(F)cc2)CC1. The number of hydrogen-bond acceptors (Lipinski definition) is 4. The van der Waals surface area contributed by atoms with E-state index in [9.17, 15) is 4.39 Å². The monoisotopic (exact) mass is 386 g/mol. The van der Waals surface area contributed by atoms with E-state index in [2.05, 4.69) is 22.4 Å². The van der Waals surface area contributed by atoms with Crippen LogP contribution < -0.4 is 9.64 Å². The summed E-state index contributed by atoms with van der Waals surface area (Å²) in [6, 6.07) is 14.8. The molecule has 1 fully saturated rings. The second kappa shape index (κ2) is 9.81. The molecule has 2 aromatic rings. The van der Waals surface area contributed by atoms with Crippen LogP contribution in [0.25, 0.3) is 0 Å². The number of hydrogen-bond donors (Lipinski definition) is 1. The van der Waals surface area contributed by atoms with Gasteiger partial charge in [0, 0.05) is 43.7 Å². The van der Waals surface area contributed by atoms with E-state index in [1.165, 1.54) is 12.1 Å². The molecule has 144 valence electrons. The van der Waals surface area contributed by atoms with Crippen LogP contribution >= 0.6 is 12.6 Å². The van der Waals surface area contributed by atoms with Crippen LogP contribution in [0.3, 0.4) is 0 Å². The molecule has 5 heteroatoms. The van der Waals surface area contributed by atoms with Gasteiger partial charge in [0.05, 0.1) is 0 Å². The smallest absolute Gasteiger partial charge is 0.123 e. The average Bonchev–Trinajstić information content (AvgIpc) is 2.69. The van der Waals surface area contributed by atoms with Gasteiger partial charge in [0.2, 0.25) is 0 Å². The maximum absolute atomic E-state index is 13.1. The Hall–Kier alpha value is -1.98. The Balaban J connectivity index is 1.44. The van der Waals surface area contributed by atoms with Crippen molar-refractivity contribution >= 4 is 18.3 Å². The standard InChI is InChI=1S/C22H27FN2OS/c1-2-5-18-6-3-4-7-22(18)26-17-21(27)16-24-12-14-25(15-13-24)20-10-8-19(23)9-11-20/h2-4,6-11,21,27H,1,5,12-17H2/t21-/m0/s1.